The fourth-order valence-electron chi connectivity index (χ4n) is 2.53. The Morgan fingerprint density at radius 3 is 1.21 bits per heavy atom. The van der Waals surface area contributed by atoms with Crippen molar-refractivity contribution in [3.8, 4) is 12.1 Å². The Kier molecular flexibility index (Phi) is 7.06. The van der Waals surface area contributed by atoms with Gasteiger partial charge < -0.3 is 10.2 Å². The molecule has 8 nitrogen and oxygen atoms in total. The predicted molar refractivity (Wildman–Crippen MR) is 84.8 cm³/mol. The van der Waals surface area contributed by atoms with Gasteiger partial charge in [-0.1, -0.05) is 27.7 Å². The molecule has 0 bridgehead atoms. The van der Waals surface area contributed by atoms with Gasteiger partial charge in [-0.3, -0.25) is 0 Å². The zero-order valence-electron chi connectivity index (χ0n) is 14.8. The molecule has 0 radical (unpaired) electrons. The van der Waals surface area contributed by atoms with Crippen LogP contribution in [-0.4, -0.2) is 33.2 Å². The molecule has 0 aromatic rings. The van der Waals surface area contributed by atoms with Gasteiger partial charge in [-0.05, 0) is 25.7 Å². The first-order valence-corrected chi connectivity index (χ1v) is 7.58. The van der Waals surface area contributed by atoms with Crippen molar-refractivity contribution < 1.29 is 19.8 Å². The van der Waals surface area contributed by atoms with Crippen LogP contribution < -0.4 is 0 Å². The lowest BCUT2D eigenvalue weighted by atomic mass is 9.78. The zero-order chi connectivity index (χ0) is 19.3. The van der Waals surface area contributed by atoms with Gasteiger partial charge in [0.2, 0.25) is 0 Å². The second-order valence-corrected chi connectivity index (χ2v) is 6.81. The molecule has 0 amide bonds. The molecular weight excluding hydrogens is 312 g/mol. The number of azo groups is 1. The lowest BCUT2D eigenvalue weighted by Gasteiger charge is -2.31. The minimum Gasteiger partial charge on any atom is -0.479 e. The second-order valence-electron chi connectivity index (χ2n) is 6.81. The first-order chi connectivity index (χ1) is 10.9. The van der Waals surface area contributed by atoms with Gasteiger partial charge in [0.05, 0.1) is 24.0 Å². The van der Waals surface area contributed by atoms with Crippen LogP contribution in [0.4, 0.5) is 0 Å². The highest BCUT2D eigenvalue weighted by molar-refractivity contribution is 5.81. The van der Waals surface area contributed by atoms with Gasteiger partial charge in [0.1, 0.15) is 0 Å². The molecule has 0 aliphatic heterocycles. The summed E-state index contributed by atoms with van der Waals surface area (Å²) in [6.45, 7) is 9.15. The van der Waals surface area contributed by atoms with Gasteiger partial charge in [-0.2, -0.15) is 20.8 Å². The minimum atomic E-state index is -1.91. The van der Waals surface area contributed by atoms with E-state index in [9.17, 15) is 30.3 Å². The predicted octanol–water partition coefficient (Wildman–Crippen LogP) is 2.72. The van der Waals surface area contributed by atoms with Crippen molar-refractivity contribution in [1.29, 1.82) is 10.5 Å². The lowest BCUT2D eigenvalue weighted by molar-refractivity contribution is -0.147. The molecular formula is C16H24N4O4. The van der Waals surface area contributed by atoms with Crippen molar-refractivity contribution in [2.75, 3.05) is 0 Å². The van der Waals surface area contributed by atoms with Crippen molar-refractivity contribution >= 4 is 11.9 Å². The molecule has 0 aromatic carbocycles. The van der Waals surface area contributed by atoms with Crippen LogP contribution in [0.2, 0.25) is 0 Å². The Balaban J connectivity index is 6.18. The molecule has 2 N–H and O–H groups in total. The number of aliphatic carboxylic acids is 2. The van der Waals surface area contributed by atoms with Crippen molar-refractivity contribution in [3.05, 3.63) is 0 Å². The quantitative estimate of drug-likeness (QED) is 0.651. The van der Waals surface area contributed by atoms with E-state index in [-0.39, 0.29) is 11.8 Å². The van der Waals surface area contributed by atoms with Crippen molar-refractivity contribution in [1.82, 2.24) is 0 Å². The van der Waals surface area contributed by atoms with Gasteiger partial charge in [-0.15, -0.1) is 0 Å². The summed E-state index contributed by atoms with van der Waals surface area (Å²) in [5.74, 6) is -5.42. The molecule has 0 spiro atoms. The monoisotopic (exact) mass is 336 g/mol. The van der Waals surface area contributed by atoms with E-state index < -0.39 is 34.9 Å². The van der Waals surface area contributed by atoms with Gasteiger partial charge in [0, 0.05) is 0 Å². The van der Waals surface area contributed by atoms with Crippen molar-refractivity contribution in [2.24, 2.45) is 33.9 Å². The highest BCUT2D eigenvalue weighted by Crippen LogP contribution is 2.34. The molecule has 8 heteroatoms. The average Bonchev–Trinajstić information content (AvgIpc) is 2.45. The highest BCUT2D eigenvalue weighted by atomic mass is 16.4. The number of hydrogen-bond acceptors (Lipinski definition) is 6. The summed E-state index contributed by atoms with van der Waals surface area (Å²) in [4.78, 5) is 23.3. The topological polar surface area (TPSA) is 147 Å². The summed E-state index contributed by atoms with van der Waals surface area (Å²) in [5.41, 5.74) is -3.81. The van der Waals surface area contributed by atoms with E-state index >= 15 is 0 Å². The maximum Gasteiger partial charge on any atom is 0.334 e. The third-order valence-electron chi connectivity index (χ3n) is 4.15. The number of carboxylic acid groups (broad SMARTS) is 2. The number of carboxylic acids is 2. The third-order valence-corrected chi connectivity index (χ3v) is 4.15. The molecule has 4 atom stereocenters. The van der Waals surface area contributed by atoms with E-state index in [0.717, 1.165) is 0 Å². The number of rotatable bonds is 8. The van der Waals surface area contributed by atoms with Crippen LogP contribution in [0, 0.1) is 46.3 Å². The summed E-state index contributed by atoms with van der Waals surface area (Å²) in [6.07, 6.45) is 0. The SMILES string of the molecule is CC(C)C(C#N)C(C)(N=NC(C)(C(=O)O)C(C#N)C(C)C)C(=O)O. The fraction of sp³-hybridized carbons (Fsp3) is 0.750. The Hall–Kier alpha value is -2.48. The molecule has 0 rings (SSSR count). The molecule has 0 aliphatic rings. The zero-order valence-corrected chi connectivity index (χ0v) is 14.8. The van der Waals surface area contributed by atoms with E-state index in [0.29, 0.717) is 0 Å². The van der Waals surface area contributed by atoms with Crippen LogP contribution in [0.15, 0.2) is 10.2 Å². The first-order valence-electron chi connectivity index (χ1n) is 7.58. The van der Waals surface area contributed by atoms with Crippen molar-refractivity contribution in [2.45, 2.75) is 52.6 Å². The molecule has 0 aromatic heterocycles. The van der Waals surface area contributed by atoms with Gasteiger partial charge in [0.15, 0.2) is 11.1 Å². The Morgan fingerprint density at radius 1 is 0.833 bits per heavy atom. The molecule has 4 unspecified atom stereocenters. The van der Waals surface area contributed by atoms with Crippen LogP contribution in [0.3, 0.4) is 0 Å². The Labute approximate surface area is 141 Å². The van der Waals surface area contributed by atoms with Gasteiger partial charge >= 0.3 is 11.9 Å². The number of nitrogens with zero attached hydrogens (tertiary/aromatic N) is 4. The fourth-order valence-corrected chi connectivity index (χ4v) is 2.53. The van der Waals surface area contributed by atoms with Crippen LogP contribution in [0.5, 0.6) is 0 Å². The molecule has 0 aliphatic carbocycles. The van der Waals surface area contributed by atoms with Crippen LogP contribution >= 0.6 is 0 Å². The molecule has 0 saturated heterocycles. The van der Waals surface area contributed by atoms with E-state index in [4.69, 9.17) is 0 Å². The third kappa shape index (κ3) is 4.08. The summed E-state index contributed by atoms with van der Waals surface area (Å²) in [7, 11) is 0. The largest absolute Gasteiger partial charge is 0.479 e. The molecule has 24 heavy (non-hydrogen) atoms. The van der Waals surface area contributed by atoms with Crippen molar-refractivity contribution in [3.63, 3.8) is 0 Å². The summed E-state index contributed by atoms with van der Waals surface area (Å²) in [5, 5.41) is 45.1. The molecule has 0 saturated carbocycles. The maximum absolute atomic E-state index is 11.7. The molecule has 0 heterocycles. The van der Waals surface area contributed by atoms with E-state index in [1.165, 1.54) is 13.8 Å². The Morgan fingerprint density at radius 2 is 1.08 bits per heavy atom. The van der Waals surface area contributed by atoms with Gasteiger partial charge in [-0.25, -0.2) is 9.59 Å². The first kappa shape index (κ1) is 21.5. The van der Waals surface area contributed by atoms with Crippen LogP contribution in [0.1, 0.15) is 41.5 Å². The number of carbonyl (C=O) groups is 2. The van der Waals surface area contributed by atoms with Gasteiger partial charge in [0.25, 0.3) is 0 Å². The highest BCUT2D eigenvalue weighted by Gasteiger charge is 2.48. The average molecular weight is 336 g/mol. The normalized spacial score (nSPS) is 19.1. The van der Waals surface area contributed by atoms with E-state index in [1.54, 1.807) is 27.7 Å². The van der Waals surface area contributed by atoms with Crippen LogP contribution in [-0.2, 0) is 9.59 Å². The summed E-state index contributed by atoms with van der Waals surface area (Å²) in [6, 6.07) is 3.82. The smallest absolute Gasteiger partial charge is 0.334 e. The maximum atomic E-state index is 11.7. The van der Waals surface area contributed by atoms with E-state index in [2.05, 4.69) is 10.2 Å². The summed E-state index contributed by atoms with van der Waals surface area (Å²) < 4.78 is 0. The molecule has 132 valence electrons. The lowest BCUT2D eigenvalue weighted by Crippen LogP contribution is -2.46. The van der Waals surface area contributed by atoms with Crippen LogP contribution in [0.25, 0.3) is 0 Å². The number of nitriles is 2. The standard InChI is InChI=1S/C16H24N4O4/c1-9(2)11(7-17)15(5,13(21)22)19-20-16(6,14(23)24)12(8-18)10(3)4/h9-12H,1-6H3,(H,21,22)(H,23,24). The second kappa shape index (κ2) is 7.87. The summed E-state index contributed by atoms with van der Waals surface area (Å²) >= 11 is 0. The van der Waals surface area contributed by atoms with E-state index in [1.807, 2.05) is 12.1 Å². The molecule has 0 fully saturated rings. The number of hydrogen-bond donors (Lipinski definition) is 2. The Bertz CT molecular complexity index is 550. The minimum absolute atomic E-state index is 0.331.